The smallest absolute Gasteiger partial charge is 0.179 e. The van der Waals surface area contributed by atoms with Crippen molar-refractivity contribution in [1.82, 2.24) is 0 Å². The fourth-order valence-corrected chi connectivity index (χ4v) is 3.66. The highest BCUT2D eigenvalue weighted by Gasteiger charge is 2.34. The van der Waals surface area contributed by atoms with Crippen LogP contribution in [0.4, 0.5) is 0 Å². The highest BCUT2D eigenvalue weighted by molar-refractivity contribution is 7.91. The van der Waals surface area contributed by atoms with Crippen LogP contribution in [0, 0.1) is 5.92 Å². The fourth-order valence-electron chi connectivity index (χ4n) is 1.73. The average Bonchev–Trinajstić information content (AvgIpc) is 2.13. The SMILES string of the molecule is CC1CS(=O)(=O)c2ccc(Cl)cc2C1=O. The van der Waals surface area contributed by atoms with Crippen LogP contribution in [0.15, 0.2) is 23.1 Å². The molecule has 1 atom stereocenters. The van der Waals surface area contributed by atoms with Gasteiger partial charge in [-0.2, -0.15) is 0 Å². The van der Waals surface area contributed by atoms with Crippen molar-refractivity contribution in [3.05, 3.63) is 28.8 Å². The van der Waals surface area contributed by atoms with E-state index in [1.54, 1.807) is 6.92 Å². The van der Waals surface area contributed by atoms with Gasteiger partial charge in [0, 0.05) is 16.5 Å². The maximum Gasteiger partial charge on any atom is 0.179 e. The molecular weight excluding hydrogens is 236 g/mol. The first-order valence-corrected chi connectivity index (χ1v) is 6.51. The normalized spacial score (nSPS) is 23.6. The lowest BCUT2D eigenvalue weighted by Crippen LogP contribution is -2.29. The standard InChI is InChI=1S/C10H9ClO3S/c1-6-5-15(13,14)9-3-2-7(11)4-8(9)10(6)12/h2-4,6H,5H2,1H3. The Bertz CT molecular complexity index is 534. The Morgan fingerprint density at radius 2 is 2.07 bits per heavy atom. The molecule has 15 heavy (non-hydrogen) atoms. The van der Waals surface area contributed by atoms with E-state index < -0.39 is 15.8 Å². The van der Waals surface area contributed by atoms with Crippen LogP contribution in [0.5, 0.6) is 0 Å². The fraction of sp³-hybridized carbons (Fsp3) is 0.300. The molecule has 0 aliphatic carbocycles. The van der Waals surface area contributed by atoms with Crippen LogP contribution in [0.3, 0.4) is 0 Å². The average molecular weight is 245 g/mol. The molecule has 1 aliphatic heterocycles. The topological polar surface area (TPSA) is 51.2 Å². The first-order chi connectivity index (χ1) is 6.92. The Morgan fingerprint density at radius 3 is 2.73 bits per heavy atom. The lowest BCUT2D eigenvalue weighted by atomic mass is 10.0. The third kappa shape index (κ3) is 1.68. The zero-order chi connectivity index (χ0) is 11.2. The molecule has 2 rings (SSSR count). The van der Waals surface area contributed by atoms with Gasteiger partial charge < -0.3 is 0 Å². The monoisotopic (exact) mass is 244 g/mol. The molecule has 1 aromatic carbocycles. The molecule has 0 saturated heterocycles. The van der Waals surface area contributed by atoms with Gasteiger partial charge in [-0.1, -0.05) is 18.5 Å². The largest absolute Gasteiger partial charge is 0.294 e. The summed E-state index contributed by atoms with van der Waals surface area (Å²) in [6.45, 7) is 1.61. The molecule has 0 amide bonds. The highest BCUT2D eigenvalue weighted by atomic mass is 35.5. The summed E-state index contributed by atoms with van der Waals surface area (Å²) in [5.41, 5.74) is 0.223. The lowest BCUT2D eigenvalue weighted by Gasteiger charge is -2.20. The van der Waals surface area contributed by atoms with Gasteiger partial charge in [-0.05, 0) is 18.2 Å². The number of carbonyl (C=O) groups is 1. The van der Waals surface area contributed by atoms with Crippen molar-refractivity contribution in [2.45, 2.75) is 11.8 Å². The molecule has 0 aromatic heterocycles. The summed E-state index contributed by atoms with van der Waals surface area (Å²) in [5, 5.41) is 0.381. The number of carbonyl (C=O) groups excluding carboxylic acids is 1. The number of hydrogen-bond acceptors (Lipinski definition) is 3. The Balaban J connectivity index is 2.75. The molecule has 0 saturated carbocycles. The summed E-state index contributed by atoms with van der Waals surface area (Å²) in [6.07, 6.45) is 0. The van der Waals surface area contributed by atoms with Crippen molar-refractivity contribution in [2.24, 2.45) is 5.92 Å². The minimum atomic E-state index is -3.32. The van der Waals surface area contributed by atoms with Gasteiger partial charge in [0.2, 0.25) is 0 Å². The van der Waals surface area contributed by atoms with Crippen LogP contribution in [0.2, 0.25) is 5.02 Å². The zero-order valence-electron chi connectivity index (χ0n) is 8.03. The van der Waals surface area contributed by atoms with E-state index in [2.05, 4.69) is 0 Å². The second-order valence-electron chi connectivity index (χ2n) is 3.69. The molecule has 0 bridgehead atoms. The highest BCUT2D eigenvalue weighted by Crippen LogP contribution is 2.29. The molecule has 1 aromatic rings. The molecule has 0 N–H and O–H groups in total. The van der Waals surface area contributed by atoms with E-state index in [-0.39, 0.29) is 22.0 Å². The number of fused-ring (bicyclic) bond motifs is 1. The van der Waals surface area contributed by atoms with Crippen molar-refractivity contribution in [3.8, 4) is 0 Å². The Morgan fingerprint density at radius 1 is 1.40 bits per heavy atom. The van der Waals surface area contributed by atoms with Crippen molar-refractivity contribution >= 4 is 27.2 Å². The number of ketones is 1. The number of sulfone groups is 1. The van der Waals surface area contributed by atoms with Crippen LogP contribution in [-0.2, 0) is 9.84 Å². The maximum atomic E-state index is 11.7. The van der Waals surface area contributed by atoms with E-state index in [0.717, 1.165) is 0 Å². The summed E-state index contributed by atoms with van der Waals surface area (Å²) in [6, 6.07) is 4.31. The molecule has 1 heterocycles. The van der Waals surface area contributed by atoms with Gasteiger partial charge in [-0.25, -0.2) is 8.42 Å². The van der Waals surface area contributed by atoms with E-state index in [4.69, 9.17) is 11.6 Å². The van der Waals surface area contributed by atoms with Gasteiger partial charge in [0.15, 0.2) is 15.6 Å². The Hall–Kier alpha value is -0.870. The van der Waals surface area contributed by atoms with Crippen LogP contribution in [0.25, 0.3) is 0 Å². The third-order valence-corrected chi connectivity index (χ3v) is 4.66. The second kappa shape index (κ2) is 3.32. The summed E-state index contributed by atoms with van der Waals surface area (Å²) < 4.78 is 23.5. The summed E-state index contributed by atoms with van der Waals surface area (Å²) in [5.74, 6) is -0.746. The number of benzene rings is 1. The van der Waals surface area contributed by atoms with Gasteiger partial charge in [0.1, 0.15) is 0 Å². The van der Waals surface area contributed by atoms with E-state index in [1.807, 2.05) is 0 Å². The minimum absolute atomic E-state index is 0.106. The first-order valence-electron chi connectivity index (χ1n) is 4.48. The molecule has 80 valence electrons. The van der Waals surface area contributed by atoms with E-state index >= 15 is 0 Å². The number of hydrogen-bond donors (Lipinski definition) is 0. The molecule has 0 fully saturated rings. The number of rotatable bonds is 0. The van der Waals surface area contributed by atoms with Crippen LogP contribution in [-0.4, -0.2) is 20.0 Å². The summed E-state index contributed by atoms with van der Waals surface area (Å²) >= 11 is 5.74. The van der Waals surface area contributed by atoms with Gasteiger partial charge >= 0.3 is 0 Å². The second-order valence-corrected chi connectivity index (χ2v) is 6.13. The van der Waals surface area contributed by atoms with Crippen molar-refractivity contribution in [1.29, 1.82) is 0 Å². The predicted octanol–water partition coefficient (Wildman–Crippen LogP) is 1.95. The third-order valence-electron chi connectivity index (χ3n) is 2.46. The van der Waals surface area contributed by atoms with E-state index in [1.165, 1.54) is 18.2 Å². The van der Waals surface area contributed by atoms with Crippen molar-refractivity contribution < 1.29 is 13.2 Å². The van der Waals surface area contributed by atoms with Gasteiger partial charge in [0.25, 0.3) is 0 Å². The Labute approximate surface area is 93.0 Å². The van der Waals surface area contributed by atoms with Gasteiger partial charge in [0.05, 0.1) is 10.6 Å². The molecule has 0 spiro atoms. The van der Waals surface area contributed by atoms with Crippen LogP contribution >= 0.6 is 11.6 Å². The summed E-state index contributed by atoms with van der Waals surface area (Å²) in [4.78, 5) is 11.8. The van der Waals surface area contributed by atoms with Gasteiger partial charge in [-0.15, -0.1) is 0 Å². The molecular formula is C10H9ClO3S. The molecule has 0 radical (unpaired) electrons. The number of halogens is 1. The molecule has 1 aliphatic rings. The van der Waals surface area contributed by atoms with Crippen molar-refractivity contribution in [3.63, 3.8) is 0 Å². The van der Waals surface area contributed by atoms with Crippen LogP contribution in [0.1, 0.15) is 17.3 Å². The molecule has 1 unspecified atom stereocenters. The molecule has 3 nitrogen and oxygen atoms in total. The minimum Gasteiger partial charge on any atom is -0.294 e. The van der Waals surface area contributed by atoms with Crippen molar-refractivity contribution in [2.75, 3.05) is 5.75 Å². The maximum absolute atomic E-state index is 11.7. The van der Waals surface area contributed by atoms with Crippen LogP contribution < -0.4 is 0 Å². The first kappa shape index (κ1) is 10.6. The predicted molar refractivity (Wildman–Crippen MR) is 57.0 cm³/mol. The molecule has 5 heteroatoms. The van der Waals surface area contributed by atoms with E-state index in [0.29, 0.717) is 5.02 Å². The van der Waals surface area contributed by atoms with E-state index in [9.17, 15) is 13.2 Å². The zero-order valence-corrected chi connectivity index (χ0v) is 9.60. The Kier molecular flexibility index (Phi) is 2.35. The van der Waals surface area contributed by atoms with Gasteiger partial charge in [-0.3, -0.25) is 4.79 Å². The number of Topliss-reactive ketones (excluding diaryl/α,β-unsaturated/α-hetero) is 1. The quantitative estimate of drug-likeness (QED) is 0.701. The lowest BCUT2D eigenvalue weighted by molar-refractivity contribution is 0.0933. The summed E-state index contributed by atoms with van der Waals surface area (Å²) in [7, 11) is -3.32.